The maximum atomic E-state index is 12.3. The second-order valence-electron chi connectivity index (χ2n) is 6.24. The van der Waals surface area contributed by atoms with Crippen LogP contribution in [0.4, 0.5) is 0 Å². The predicted octanol–water partition coefficient (Wildman–Crippen LogP) is 3.78. The summed E-state index contributed by atoms with van der Waals surface area (Å²) in [6, 6.07) is 4.26. The molecule has 6 heteroatoms. The Hall–Kier alpha value is -0.230. The third-order valence-corrected chi connectivity index (χ3v) is 6.21. The fourth-order valence-electron chi connectivity index (χ4n) is 2.54. The molecule has 0 aromatic heterocycles. The molecule has 1 fully saturated rings. The molecule has 0 radical (unpaired) electrons. The van der Waals surface area contributed by atoms with Gasteiger partial charge in [-0.25, -0.2) is 0 Å². The van der Waals surface area contributed by atoms with Crippen molar-refractivity contribution < 1.29 is 4.79 Å². The Labute approximate surface area is 151 Å². The van der Waals surface area contributed by atoms with E-state index in [2.05, 4.69) is 48.8 Å². The second-order valence-corrected chi connectivity index (χ2v) is 8.11. The van der Waals surface area contributed by atoms with Gasteiger partial charge in [0, 0.05) is 22.5 Å². The van der Waals surface area contributed by atoms with Crippen molar-refractivity contribution in [3.8, 4) is 0 Å². The Kier molecular flexibility index (Phi) is 7.24. The third kappa shape index (κ3) is 4.63. The molecule has 3 nitrogen and oxygen atoms in total. The molecule has 1 unspecified atom stereocenters. The van der Waals surface area contributed by atoms with E-state index in [0.717, 1.165) is 24.0 Å². The molecule has 1 aromatic rings. The molecular formula is C16H24BrClN2OS. The van der Waals surface area contributed by atoms with Crippen LogP contribution in [0, 0.1) is 19.3 Å². The number of likely N-dealkylation sites (tertiary alicyclic amines) is 1. The zero-order chi connectivity index (χ0) is 15.6. The summed E-state index contributed by atoms with van der Waals surface area (Å²) < 4.78 is 1.12. The lowest BCUT2D eigenvalue weighted by atomic mass is 9.90. The average Bonchev–Trinajstić information content (AvgIpc) is 2.84. The molecule has 0 aliphatic carbocycles. The predicted molar refractivity (Wildman–Crippen MR) is 99.9 cm³/mol. The molecule has 1 atom stereocenters. The van der Waals surface area contributed by atoms with Crippen molar-refractivity contribution in [3.63, 3.8) is 0 Å². The van der Waals surface area contributed by atoms with Crippen LogP contribution in [0.25, 0.3) is 0 Å². The Balaban J connectivity index is 0.00000242. The number of amides is 1. The first-order chi connectivity index (χ1) is 9.84. The first-order valence-electron chi connectivity index (χ1n) is 7.22. The van der Waals surface area contributed by atoms with Crippen LogP contribution >= 0.6 is 40.1 Å². The normalized spacial score (nSPS) is 20.9. The van der Waals surface area contributed by atoms with Crippen molar-refractivity contribution >= 4 is 46.0 Å². The number of aryl methyl sites for hydroxylation is 2. The van der Waals surface area contributed by atoms with Gasteiger partial charge < -0.3 is 10.6 Å². The summed E-state index contributed by atoms with van der Waals surface area (Å²) in [5.74, 6) is 0.722. The lowest BCUT2D eigenvalue weighted by Crippen LogP contribution is -2.35. The zero-order valence-corrected chi connectivity index (χ0v) is 16.5. The van der Waals surface area contributed by atoms with Gasteiger partial charge in [-0.15, -0.1) is 24.2 Å². The molecule has 1 aliphatic rings. The molecule has 1 aliphatic heterocycles. The second kappa shape index (κ2) is 8.04. The van der Waals surface area contributed by atoms with Gasteiger partial charge in [-0.2, -0.15) is 0 Å². The van der Waals surface area contributed by atoms with Crippen LogP contribution in [0.15, 0.2) is 21.5 Å². The summed E-state index contributed by atoms with van der Waals surface area (Å²) in [5, 5.41) is 0. The van der Waals surface area contributed by atoms with Crippen LogP contribution in [-0.4, -0.2) is 36.2 Å². The quantitative estimate of drug-likeness (QED) is 0.773. The van der Waals surface area contributed by atoms with Gasteiger partial charge >= 0.3 is 0 Å². The highest BCUT2D eigenvalue weighted by atomic mass is 79.9. The van der Waals surface area contributed by atoms with Crippen LogP contribution in [0.1, 0.15) is 24.5 Å². The van der Waals surface area contributed by atoms with Gasteiger partial charge in [0.15, 0.2) is 0 Å². The first kappa shape index (κ1) is 19.8. The molecule has 1 aromatic carbocycles. The van der Waals surface area contributed by atoms with E-state index >= 15 is 0 Å². The minimum absolute atomic E-state index is 0. The summed E-state index contributed by atoms with van der Waals surface area (Å²) in [5.41, 5.74) is 8.31. The number of hydrogen-bond donors (Lipinski definition) is 1. The van der Waals surface area contributed by atoms with Gasteiger partial charge in [-0.05, 0) is 55.5 Å². The summed E-state index contributed by atoms with van der Waals surface area (Å²) in [7, 11) is 0. The molecule has 2 N–H and O–H groups in total. The fourth-order valence-corrected chi connectivity index (χ4v) is 4.01. The molecule has 124 valence electrons. The number of nitrogens with two attached hydrogens (primary N) is 1. The van der Waals surface area contributed by atoms with Gasteiger partial charge in [0.25, 0.3) is 0 Å². The Morgan fingerprint density at radius 2 is 2.09 bits per heavy atom. The maximum absolute atomic E-state index is 12.3. The first-order valence-corrected chi connectivity index (χ1v) is 9.00. The van der Waals surface area contributed by atoms with Crippen LogP contribution in [0.5, 0.6) is 0 Å². The fraction of sp³-hybridized carbons (Fsp3) is 0.562. The summed E-state index contributed by atoms with van der Waals surface area (Å²) in [6.07, 6.45) is 1.01. The largest absolute Gasteiger partial charge is 0.341 e. The number of rotatable bonds is 4. The molecule has 2 rings (SSSR count). The number of hydrogen-bond acceptors (Lipinski definition) is 3. The van der Waals surface area contributed by atoms with E-state index < -0.39 is 0 Å². The smallest absolute Gasteiger partial charge is 0.232 e. The number of carbonyl (C=O) groups excluding carboxylic acids is 1. The molecule has 0 saturated carbocycles. The van der Waals surface area contributed by atoms with Gasteiger partial charge in [0.05, 0.1) is 5.75 Å². The molecule has 0 bridgehead atoms. The third-order valence-electron chi connectivity index (χ3n) is 4.21. The number of nitrogens with zero attached hydrogens (tertiary/aromatic N) is 1. The number of benzene rings is 1. The molecule has 1 heterocycles. The monoisotopic (exact) mass is 406 g/mol. The lowest BCUT2D eigenvalue weighted by molar-refractivity contribution is -0.127. The van der Waals surface area contributed by atoms with Gasteiger partial charge in [-0.1, -0.05) is 22.9 Å². The lowest BCUT2D eigenvalue weighted by Gasteiger charge is -2.22. The molecule has 22 heavy (non-hydrogen) atoms. The number of thioether (sulfide) groups is 1. The molecule has 0 spiro atoms. The highest BCUT2D eigenvalue weighted by molar-refractivity contribution is 9.10. The summed E-state index contributed by atoms with van der Waals surface area (Å²) in [6.45, 7) is 8.60. The van der Waals surface area contributed by atoms with Crippen LogP contribution in [-0.2, 0) is 4.79 Å². The van der Waals surface area contributed by atoms with Crippen molar-refractivity contribution in [3.05, 3.63) is 27.7 Å². The highest BCUT2D eigenvalue weighted by Gasteiger charge is 2.34. The molecule has 1 saturated heterocycles. The zero-order valence-electron chi connectivity index (χ0n) is 13.3. The van der Waals surface area contributed by atoms with Crippen LogP contribution in [0.2, 0.25) is 0 Å². The Morgan fingerprint density at radius 3 is 2.68 bits per heavy atom. The van der Waals surface area contributed by atoms with Crippen LogP contribution < -0.4 is 5.73 Å². The van der Waals surface area contributed by atoms with E-state index in [1.54, 1.807) is 11.8 Å². The minimum atomic E-state index is 0. The Bertz CT molecular complexity index is 555. The van der Waals surface area contributed by atoms with E-state index in [1.807, 2.05) is 4.90 Å². The van der Waals surface area contributed by atoms with Gasteiger partial charge in [0.2, 0.25) is 5.91 Å². The van der Waals surface area contributed by atoms with E-state index in [9.17, 15) is 4.79 Å². The maximum Gasteiger partial charge on any atom is 0.232 e. The van der Waals surface area contributed by atoms with Gasteiger partial charge in [0.1, 0.15) is 0 Å². The molecule has 1 amide bonds. The van der Waals surface area contributed by atoms with Crippen LogP contribution in [0.3, 0.4) is 0 Å². The summed E-state index contributed by atoms with van der Waals surface area (Å²) in [4.78, 5) is 15.5. The van der Waals surface area contributed by atoms with Crippen molar-refractivity contribution in [1.29, 1.82) is 0 Å². The van der Waals surface area contributed by atoms with E-state index in [1.165, 1.54) is 16.0 Å². The standard InChI is InChI=1S/C16H23BrN2OS.ClH/c1-11-7-14(12(2)6-13(11)17)21-8-15(20)19-5-4-16(3,9-18)10-19;/h6-7H,4-5,8-10,18H2,1-3H3;1H. The Morgan fingerprint density at radius 1 is 1.41 bits per heavy atom. The highest BCUT2D eigenvalue weighted by Crippen LogP contribution is 2.31. The van der Waals surface area contributed by atoms with Crippen molar-refractivity contribution in [1.82, 2.24) is 4.90 Å². The van der Waals surface area contributed by atoms with Crippen molar-refractivity contribution in [2.24, 2.45) is 11.1 Å². The van der Waals surface area contributed by atoms with E-state index in [-0.39, 0.29) is 23.7 Å². The van der Waals surface area contributed by atoms with Crippen molar-refractivity contribution in [2.75, 3.05) is 25.4 Å². The van der Waals surface area contributed by atoms with Crippen molar-refractivity contribution in [2.45, 2.75) is 32.1 Å². The van der Waals surface area contributed by atoms with E-state index in [4.69, 9.17) is 5.73 Å². The summed E-state index contributed by atoms with van der Waals surface area (Å²) >= 11 is 5.17. The van der Waals surface area contributed by atoms with Gasteiger partial charge in [-0.3, -0.25) is 4.79 Å². The number of halogens is 2. The van der Waals surface area contributed by atoms with E-state index in [0.29, 0.717) is 12.3 Å². The topological polar surface area (TPSA) is 46.3 Å². The number of carbonyl (C=O) groups is 1. The molecular weight excluding hydrogens is 384 g/mol. The average molecular weight is 408 g/mol. The SMILES string of the molecule is Cc1cc(SCC(=O)N2CCC(C)(CN)C2)c(C)cc1Br.Cl. The minimum Gasteiger partial charge on any atom is -0.341 e.